The van der Waals surface area contributed by atoms with Crippen LogP contribution in [-0.4, -0.2) is 57.1 Å². The first-order valence-corrected chi connectivity index (χ1v) is 10.1. The van der Waals surface area contributed by atoms with Crippen molar-refractivity contribution >= 4 is 34.9 Å². The number of halogens is 1. The Morgan fingerprint density at radius 3 is 2.77 bits per heavy atom. The third kappa shape index (κ3) is 5.34. The highest BCUT2D eigenvalue weighted by Gasteiger charge is 2.33. The maximum Gasteiger partial charge on any atom is 0.265 e. The quantitative estimate of drug-likeness (QED) is 0.470. The van der Waals surface area contributed by atoms with Crippen molar-refractivity contribution in [3.05, 3.63) is 53.1 Å². The predicted molar refractivity (Wildman–Crippen MR) is 115 cm³/mol. The summed E-state index contributed by atoms with van der Waals surface area (Å²) in [4.78, 5) is 39.0. The molecule has 0 bridgehead atoms. The molecule has 1 aliphatic heterocycles. The Morgan fingerprint density at radius 1 is 1.26 bits per heavy atom. The van der Waals surface area contributed by atoms with Crippen LogP contribution in [0.4, 0.5) is 5.69 Å². The number of methoxy groups -OCH3 is 1. The van der Waals surface area contributed by atoms with Crippen molar-refractivity contribution in [2.24, 2.45) is 0 Å². The predicted octanol–water partition coefficient (Wildman–Crippen LogP) is 2.48. The Bertz CT molecular complexity index is 980. The molecule has 0 aromatic heterocycles. The molecule has 0 spiro atoms. The van der Waals surface area contributed by atoms with E-state index in [1.807, 2.05) is 0 Å². The molecule has 1 unspecified atom stereocenters. The number of benzene rings is 2. The molecule has 8 nitrogen and oxygen atoms in total. The Balaban J connectivity index is 1.78. The van der Waals surface area contributed by atoms with Crippen molar-refractivity contribution in [3.8, 4) is 11.5 Å². The van der Waals surface area contributed by atoms with Crippen molar-refractivity contribution in [2.45, 2.75) is 13.0 Å². The maximum absolute atomic E-state index is 12.7. The highest BCUT2D eigenvalue weighted by molar-refractivity contribution is 6.32. The van der Waals surface area contributed by atoms with Gasteiger partial charge in [-0.25, -0.2) is 0 Å². The molecule has 0 saturated carbocycles. The number of carbonyl (C=O) groups excluding carboxylic acids is 3. The van der Waals surface area contributed by atoms with Crippen LogP contribution in [0.25, 0.3) is 0 Å². The van der Waals surface area contributed by atoms with Gasteiger partial charge in [0.15, 0.2) is 19.0 Å². The number of nitrogens with zero attached hydrogens (tertiary/aromatic N) is 1. The normalized spacial score (nSPS) is 13.8. The van der Waals surface area contributed by atoms with Crippen LogP contribution < -0.4 is 19.7 Å². The van der Waals surface area contributed by atoms with Gasteiger partial charge in [0.1, 0.15) is 17.5 Å². The molecule has 2 amide bonds. The Labute approximate surface area is 185 Å². The Morgan fingerprint density at radius 2 is 2.03 bits per heavy atom. The minimum absolute atomic E-state index is 0.189. The molecule has 1 atom stereocenters. The average molecular weight is 447 g/mol. The first kappa shape index (κ1) is 22.6. The van der Waals surface area contributed by atoms with E-state index in [0.717, 1.165) is 0 Å². The molecule has 0 fully saturated rings. The van der Waals surface area contributed by atoms with Gasteiger partial charge in [-0.15, -0.1) is 0 Å². The lowest BCUT2D eigenvalue weighted by Crippen LogP contribution is -2.51. The third-order valence-electron chi connectivity index (χ3n) is 4.73. The van der Waals surface area contributed by atoms with Crippen LogP contribution in [-0.2, 0) is 14.3 Å². The third-order valence-corrected chi connectivity index (χ3v) is 5.04. The van der Waals surface area contributed by atoms with Gasteiger partial charge in [0, 0.05) is 19.2 Å². The van der Waals surface area contributed by atoms with Gasteiger partial charge in [-0.1, -0.05) is 23.7 Å². The van der Waals surface area contributed by atoms with Crippen molar-refractivity contribution in [1.82, 2.24) is 5.32 Å². The van der Waals surface area contributed by atoms with E-state index in [1.165, 1.54) is 18.1 Å². The first-order valence-electron chi connectivity index (χ1n) is 9.68. The molecule has 31 heavy (non-hydrogen) atoms. The minimum Gasteiger partial charge on any atom is -0.484 e. The lowest BCUT2D eigenvalue weighted by atomic mass is 10.1. The van der Waals surface area contributed by atoms with Crippen molar-refractivity contribution in [3.63, 3.8) is 0 Å². The summed E-state index contributed by atoms with van der Waals surface area (Å²) >= 11 is 6.05. The number of fused-ring (bicyclic) bond motifs is 1. The number of amides is 2. The number of ether oxygens (including phenoxy) is 3. The molecule has 9 heteroatoms. The summed E-state index contributed by atoms with van der Waals surface area (Å²) in [5, 5.41) is 3.12. The van der Waals surface area contributed by atoms with Crippen LogP contribution in [0.3, 0.4) is 0 Å². The molecule has 3 rings (SSSR count). The SMILES string of the molecule is COCCNC(=O)C(C)N1C(=O)COc2ccc(C(=O)COc3ccccc3Cl)cc21. The lowest BCUT2D eigenvalue weighted by Gasteiger charge is -2.33. The smallest absolute Gasteiger partial charge is 0.265 e. The number of para-hydroxylation sites is 1. The minimum atomic E-state index is -0.795. The summed E-state index contributed by atoms with van der Waals surface area (Å²) in [6.07, 6.45) is 0. The van der Waals surface area contributed by atoms with Crippen molar-refractivity contribution in [2.75, 3.05) is 38.4 Å². The molecule has 2 aromatic carbocycles. The first-order chi connectivity index (χ1) is 14.9. The van der Waals surface area contributed by atoms with Crippen molar-refractivity contribution < 1.29 is 28.6 Å². The number of anilines is 1. The highest BCUT2D eigenvalue weighted by Crippen LogP contribution is 2.34. The maximum atomic E-state index is 12.7. The summed E-state index contributed by atoms with van der Waals surface area (Å²) in [5.41, 5.74) is 0.676. The molecule has 0 saturated heterocycles. The number of rotatable bonds is 9. The van der Waals surface area contributed by atoms with Gasteiger partial charge >= 0.3 is 0 Å². The van der Waals surface area contributed by atoms with Gasteiger partial charge in [0.25, 0.3) is 5.91 Å². The number of hydrogen-bond donors (Lipinski definition) is 1. The van der Waals surface area contributed by atoms with Crippen LogP contribution in [0.1, 0.15) is 17.3 Å². The summed E-state index contributed by atoms with van der Waals surface area (Å²) in [5.74, 6) is -0.203. The number of nitrogens with one attached hydrogen (secondary N) is 1. The second-order valence-corrected chi connectivity index (χ2v) is 7.24. The topological polar surface area (TPSA) is 94.2 Å². The van der Waals surface area contributed by atoms with E-state index in [4.69, 9.17) is 25.8 Å². The molecule has 2 aromatic rings. The lowest BCUT2D eigenvalue weighted by molar-refractivity contribution is -0.127. The fraction of sp³-hybridized carbons (Fsp3) is 0.318. The van der Waals surface area contributed by atoms with E-state index in [2.05, 4.69) is 5.32 Å². The van der Waals surface area contributed by atoms with E-state index < -0.39 is 6.04 Å². The molecule has 1 aliphatic rings. The van der Waals surface area contributed by atoms with Crippen LogP contribution in [0, 0.1) is 0 Å². The second-order valence-electron chi connectivity index (χ2n) is 6.84. The summed E-state index contributed by atoms with van der Waals surface area (Å²) in [6, 6.07) is 10.8. The molecular formula is C22H23ClN2O6. The highest BCUT2D eigenvalue weighted by atomic mass is 35.5. The number of ketones is 1. The van der Waals surface area contributed by atoms with Gasteiger partial charge in [0.2, 0.25) is 5.91 Å². The largest absolute Gasteiger partial charge is 0.484 e. The molecule has 1 heterocycles. The van der Waals surface area contributed by atoms with E-state index in [-0.39, 0.29) is 30.8 Å². The van der Waals surface area contributed by atoms with Gasteiger partial charge in [-0.05, 0) is 37.3 Å². The monoisotopic (exact) mass is 446 g/mol. The van der Waals surface area contributed by atoms with Crippen LogP contribution >= 0.6 is 11.6 Å². The molecule has 164 valence electrons. The number of hydrogen-bond acceptors (Lipinski definition) is 6. The molecular weight excluding hydrogens is 424 g/mol. The van der Waals surface area contributed by atoms with E-state index in [9.17, 15) is 14.4 Å². The fourth-order valence-corrected chi connectivity index (χ4v) is 3.29. The van der Waals surface area contributed by atoms with Crippen molar-refractivity contribution in [1.29, 1.82) is 0 Å². The zero-order chi connectivity index (χ0) is 22.4. The average Bonchev–Trinajstić information content (AvgIpc) is 2.77. The molecule has 1 N–H and O–H groups in total. The van der Waals surface area contributed by atoms with E-state index >= 15 is 0 Å². The van der Waals surface area contributed by atoms with E-state index in [0.29, 0.717) is 40.9 Å². The molecule has 0 aliphatic carbocycles. The van der Waals surface area contributed by atoms with E-state index in [1.54, 1.807) is 43.3 Å². The van der Waals surface area contributed by atoms with Crippen LogP contribution in [0.5, 0.6) is 11.5 Å². The zero-order valence-corrected chi connectivity index (χ0v) is 18.0. The van der Waals surface area contributed by atoms with Crippen LogP contribution in [0.15, 0.2) is 42.5 Å². The number of carbonyl (C=O) groups is 3. The summed E-state index contributed by atoms with van der Waals surface area (Å²) < 4.78 is 15.9. The summed E-state index contributed by atoms with van der Waals surface area (Å²) in [7, 11) is 1.53. The zero-order valence-electron chi connectivity index (χ0n) is 17.2. The van der Waals surface area contributed by atoms with Gasteiger partial charge in [-0.3, -0.25) is 19.3 Å². The number of Topliss-reactive ketones (excluding diaryl/α,β-unsaturated/α-hetero) is 1. The summed E-state index contributed by atoms with van der Waals surface area (Å²) in [6.45, 7) is 1.87. The Hall–Kier alpha value is -3.10. The second kappa shape index (κ2) is 10.3. The van der Waals surface area contributed by atoms with Gasteiger partial charge in [-0.2, -0.15) is 0 Å². The van der Waals surface area contributed by atoms with Gasteiger partial charge in [0.05, 0.1) is 17.3 Å². The van der Waals surface area contributed by atoms with Crippen LogP contribution in [0.2, 0.25) is 5.02 Å². The molecule has 0 radical (unpaired) electrons. The fourth-order valence-electron chi connectivity index (χ4n) is 3.10. The Kier molecular flexibility index (Phi) is 7.49. The van der Waals surface area contributed by atoms with Gasteiger partial charge < -0.3 is 19.5 Å². The standard InChI is InChI=1S/C22H23ClN2O6/c1-14(22(28)24-9-10-29-2)25-17-11-15(7-8-20(17)31-13-21(25)27)18(26)12-30-19-6-4-3-5-16(19)23/h3-8,11,14H,9-10,12-13H2,1-2H3,(H,24,28).